The zero-order valence-corrected chi connectivity index (χ0v) is 100. The molecule has 0 unspecified atom stereocenters. The van der Waals surface area contributed by atoms with Gasteiger partial charge in [-0.3, -0.25) is 0 Å². The average Bonchev–Trinajstić information content (AvgIpc) is 1.66. The minimum absolute atomic E-state index is 0. The first kappa shape index (κ1) is 134. The number of aromatic amines is 8. The fraction of sp³-hybridized carbons (Fsp3) is 0.448. The van der Waals surface area contributed by atoms with Crippen LogP contribution in [0.2, 0.25) is 0 Å². The molecule has 0 saturated heterocycles. The number of hydrogen-bond acceptors (Lipinski definition) is 8. The average molecular weight is 2810 g/mol. The summed E-state index contributed by atoms with van der Waals surface area (Å²) < 4.78 is 10.5. The molecule has 8 N–H and O–H groups in total. The van der Waals surface area contributed by atoms with Crippen molar-refractivity contribution >= 4 is 178 Å². The Morgan fingerprint density at radius 3 is 1.06 bits per heavy atom. The summed E-state index contributed by atoms with van der Waals surface area (Å²) in [6.07, 6.45) is 24.1. The molecule has 0 aliphatic heterocycles. The van der Waals surface area contributed by atoms with E-state index >= 15 is 0 Å². The number of benzene rings is 8. The number of aryl methyl sites for hydroxylation is 4. The first-order chi connectivity index (χ1) is 63.3. The van der Waals surface area contributed by atoms with E-state index in [1.807, 2.05) is 0 Å². The van der Waals surface area contributed by atoms with Gasteiger partial charge in [-0.1, -0.05) is 180 Å². The third-order valence-electron chi connectivity index (χ3n) is 23.5. The maximum atomic E-state index is 3.60. The Balaban J connectivity index is 0.000000794. The molecular formula is C116H180I8N16-4. The molecule has 0 bridgehead atoms. The number of nitrogens with one attached hydrogen (secondary N) is 8. The second-order valence-electron chi connectivity index (χ2n) is 36.3. The molecular weight excluding hydrogens is 2630 g/mol. The molecule has 0 fully saturated rings. The standard InChI is InChI=1S/2C14H20IN2.2C14H19IN2.2C13H18IN2.2C13H17IN2.8CH4/c1-10-5-6-12-13(14(10)15-2)11(9-16-12)7-8-17(3)4;1-10-5-6-13-12(9-10)11(7-8-17(3)4)14(15-2)16-13;1-10-6-13-11(4-5-17(2)3)9-16-14(13)7-12(10)8-15;1-10-6-12(8-15)14-13(7-10)11(9-16-14)4-5-17(2)3;2*1-14-11-5-4-6-12-13(11)10(9-15-12)7-8-16(2)3;1-16(2)6-5-11-9-15-13-4-3-10(8-14)7-12(11)13;1-16(2)6-5-11-9-15-13-7-10(8-14)3-4-12(11)13;;;;;;;;/h2*5-6,9,16H,7-8H2,1-4H3;2*6-7,9,16H,4-5,8H2,1-3H3;2*4-6,9,15H,7-8H2,1-3H3;2*3-4,7,9,15H,5-6,8H2,1-2H3;8*1H4/q2*-1;;;2*-1;;;;;;;;;;. The largest absolute Gasteiger partial charge is 0.361 e. The van der Waals surface area contributed by atoms with Crippen molar-refractivity contribution in [2.75, 3.05) is 185 Å². The van der Waals surface area contributed by atoms with Crippen LogP contribution in [0, 0.1) is 42.1 Å². The predicted molar refractivity (Wildman–Crippen MR) is 647 cm³/mol. The van der Waals surface area contributed by atoms with E-state index in [1.165, 1.54) is 174 Å². The molecule has 0 spiro atoms. The molecule has 0 aliphatic carbocycles. The Morgan fingerprint density at radius 2 is 0.621 bits per heavy atom. The van der Waals surface area contributed by atoms with Crippen LogP contribution >= 0.6 is 90.4 Å². The van der Waals surface area contributed by atoms with Crippen LogP contribution in [0.3, 0.4) is 0 Å². The maximum Gasteiger partial charge on any atom is 0.0497 e. The van der Waals surface area contributed by atoms with Gasteiger partial charge in [-0.15, -0.1) is 0 Å². The number of likely N-dealkylation sites (N-methyl/N-ethyl adjacent to an activating group) is 8. The minimum Gasteiger partial charge on any atom is -0.361 e. The summed E-state index contributed by atoms with van der Waals surface area (Å²) in [5, 5.41) is 11.5. The van der Waals surface area contributed by atoms with E-state index < -0.39 is 0 Å². The van der Waals surface area contributed by atoms with E-state index in [-0.39, 0.29) is 144 Å². The van der Waals surface area contributed by atoms with E-state index in [1.54, 1.807) is 16.3 Å². The molecule has 784 valence electrons. The summed E-state index contributed by atoms with van der Waals surface area (Å²) in [4.78, 5) is 54.5. The second kappa shape index (κ2) is 68.3. The molecule has 24 heteroatoms. The van der Waals surface area contributed by atoms with Crippen molar-refractivity contribution in [3.8, 4) is 0 Å². The van der Waals surface area contributed by atoms with Crippen molar-refractivity contribution in [2.45, 2.75) is 156 Å². The van der Waals surface area contributed by atoms with Crippen LogP contribution in [0.1, 0.15) is 148 Å². The van der Waals surface area contributed by atoms with E-state index in [4.69, 9.17) is 0 Å². The third-order valence-corrected chi connectivity index (χ3v) is 35.5. The zero-order valence-electron chi connectivity index (χ0n) is 82.9. The Bertz CT molecular complexity index is 6090. The number of nitrogens with zero attached hydrogens (tertiary/aromatic N) is 8. The Morgan fingerprint density at radius 1 is 0.257 bits per heavy atom. The summed E-state index contributed by atoms with van der Waals surface area (Å²) in [5.41, 5.74) is 33.2. The van der Waals surface area contributed by atoms with Crippen LogP contribution in [-0.4, -0.2) is 264 Å². The number of aromatic nitrogens is 8. The molecule has 8 aromatic carbocycles. The molecule has 8 heterocycles. The molecule has 16 aromatic rings. The second-order valence-corrected chi connectivity index (χ2v) is 48.1. The maximum absolute atomic E-state index is 3.60. The van der Waals surface area contributed by atoms with Crippen molar-refractivity contribution < 1.29 is 84.8 Å². The van der Waals surface area contributed by atoms with Gasteiger partial charge in [0, 0.05) is 112 Å². The Labute approximate surface area is 945 Å². The first-order valence-electron chi connectivity index (χ1n) is 45.5. The predicted octanol–water partition coefficient (Wildman–Crippen LogP) is 15.8. The summed E-state index contributed by atoms with van der Waals surface area (Å²) in [5.74, 6) is 0. The van der Waals surface area contributed by atoms with Crippen molar-refractivity contribution in [3.05, 3.63) is 274 Å². The van der Waals surface area contributed by atoms with Crippen molar-refractivity contribution in [2.24, 2.45) is 0 Å². The summed E-state index contributed by atoms with van der Waals surface area (Å²) in [6.45, 7) is 17.6. The number of hydrogen-bond donors (Lipinski definition) is 8. The third kappa shape index (κ3) is 39.9. The molecule has 0 atom stereocenters. The number of H-pyrrole nitrogens is 8. The molecule has 16 rings (SSSR count). The van der Waals surface area contributed by atoms with Crippen LogP contribution < -0.4 is 84.8 Å². The van der Waals surface area contributed by atoms with Crippen molar-refractivity contribution in [1.29, 1.82) is 0 Å². The summed E-state index contributed by atoms with van der Waals surface area (Å²) in [7, 11) is 34.0. The van der Waals surface area contributed by atoms with Crippen LogP contribution in [0.15, 0.2) is 171 Å². The quantitative estimate of drug-likeness (QED) is 0.0153. The van der Waals surface area contributed by atoms with Gasteiger partial charge >= 0.3 is 443 Å². The SMILES string of the molecule is C.C.C.C.C.C.C.C.CN(C)CCc1c[nH]c2cc(CI)ccc12.CN(C)CCc1c[nH]c2ccc(CI)cc12.C[I-]c1[nH]c2ccc(C)cc2c1CCN(C)C.C[I-]c1c(C)ccc2[nH]cc(CCN(C)C)c12.C[I-]c1cccc2[nH]cc(CCN(C)C)c12.C[I-]c1cccc2[nH]cc(CCN(C)C)c12.Cc1cc(CI)c2[nH]cc(CCN(C)C)c2c1.Cc1cc2c(CCN(C)C)c[nH]c2cc1CI. The molecule has 140 heavy (non-hydrogen) atoms. The fourth-order valence-corrected chi connectivity index (χ4v) is 25.8. The van der Waals surface area contributed by atoms with Crippen LogP contribution in [0.5, 0.6) is 0 Å². The molecule has 0 saturated carbocycles. The van der Waals surface area contributed by atoms with Crippen LogP contribution in [0.4, 0.5) is 0 Å². The van der Waals surface area contributed by atoms with E-state index in [2.05, 4.69) is 500 Å². The molecule has 0 radical (unpaired) electrons. The minimum atomic E-state index is 0. The van der Waals surface area contributed by atoms with Gasteiger partial charge in [0.1, 0.15) is 0 Å². The zero-order chi connectivity index (χ0) is 95.8. The van der Waals surface area contributed by atoms with Gasteiger partial charge < -0.3 is 39.5 Å². The van der Waals surface area contributed by atoms with E-state index in [9.17, 15) is 0 Å². The van der Waals surface area contributed by atoms with E-state index in [0.717, 1.165) is 121 Å². The first-order valence-corrected chi connectivity index (χ1v) is 64.5. The number of halogens is 8. The smallest absolute Gasteiger partial charge is 0.0497 e. The van der Waals surface area contributed by atoms with Gasteiger partial charge in [-0.25, -0.2) is 0 Å². The number of rotatable bonds is 32. The topological polar surface area (TPSA) is 152 Å². The van der Waals surface area contributed by atoms with Crippen molar-refractivity contribution in [1.82, 2.24) is 79.1 Å². The van der Waals surface area contributed by atoms with Gasteiger partial charge in [0.05, 0.1) is 0 Å². The monoisotopic (exact) mass is 2810 g/mol. The van der Waals surface area contributed by atoms with Crippen LogP contribution in [-0.2, 0) is 69.1 Å². The van der Waals surface area contributed by atoms with Crippen molar-refractivity contribution in [3.63, 3.8) is 0 Å². The van der Waals surface area contributed by atoms with Gasteiger partial charge in [0.2, 0.25) is 0 Å². The Hall–Kier alpha value is -4.40. The molecule has 16 nitrogen and oxygen atoms in total. The summed E-state index contributed by atoms with van der Waals surface area (Å²) >= 11 is 10.2. The van der Waals surface area contributed by atoms with E-state index in [0.29, 0.717) is 0 Å². The normalized spacial score (nSPS) is 11.0. The molecule has 0 aliphatic rings. The van der Waals surface area contributed by atoms with Crippen LogP contribution in [0.25, 0.3) is 87.2 Å². The van der Waals surface area contributed by atoms with Gasteiger partial charge in [0.15, 0.2) is 0 Å². The molecule has 8 aromatic heterocycles. The van der Waals surface area contributed by atoms with Gasteiger partial charge in [-0.2, -0.15) is 0 Å². The van der Waals surface area contributed by atoms with Gasteiger partial charge in [-0.05, 0) is 182 Å². The number of alkyl halides is 8. The summed E-state index contributed by atoms with van der Waals surface area (Å²) in [6, 6.07) is 47.0. The Kier molecular flexibility index (Phi) is 65.1. The number of fused-ring (bicyclic) bond motifs is 8. The van der Waals surface area contributed by atoms with Gasteiger partial charge in [0.25, 0.3) is 0 Å². The molecule has 0 amide bonds. The fourth-order valence-electron chi connectivity index (χ4n) is 16.0.